The SMILES string of the molecule is [2H]C1(C(O)[C@H](O)[C@H](O)[C@H](O)CO)O[C@H](CO)[C@@H](O)[C@H]1O. The molecular weight excluding hydrogens is 264 g/mol. The highest BCUT2D eigenvalue weighted by Gasteiger charge is 2.48. The molecule has 1 aliphatic rings. The summed E-state index contributed by atoms with van der Waals surface area (Å²) in [5.74, 6) is 0. The Morgan fingerprint density at radius 2 is 1.58 bits per heavy atom. The van der Waals surface area contributed by atoms with E-state index in [0.29, 0.717) is 0 Å². The molecule has 8 atom stereocenters. The van der Waals surface area contributed by atoms with E-state index in [1.54, 1.807) is 0 Å². The zero-order valence-corrected chi connectivity index (χ0v) is 9.94. The van der Waals surface area contributed by atoms with E-state index >= 15 is 0 Å². The van der Waals surface area contributed by atoms with Gasteiger partial charge in [0.25, 0.3) is 0 Å². The summed E-state index contributed by atoms with van der Waals surface area (Å²) in [5, 5.41) is 74.8. The molecule has 0 radical (unpaired) electrons. The summed E-state index contributed by atoms with van der Waals surface area (Å²) in [6.45, 7) is -1.63. The minimum atomic E-state index is -2.61. The van der Waals surface area contributed by atoms with Crippen LogP contribution in [0.3, 0.4) is 0 Å². The summed E-state index contributed by atoms with van der Waals surface area (Å²) in [6.07, 6.45) is -15.7. The van der Waals surface area contributed by atoms with Crippen LogP contribution in [0.15, 0.2) is 0 Å². The second kappa shape index (κ2) is 6.88. The summed E-state index contributed by atoms with van der Waals surface area (Å²) in [6, 6.07) is 0. The van der Waals surface area contributed by atoms with E-state index in [2.05, 4.69) is 0 Å². The predicted molar refractivity (Wildman–Crippen MR) is 58.9 cm³/mol. The highest BCUT2D eigenvalue weighted by Crippen LogP contribution is 2.25. The maximum atomic E-state index is 9.83. The van der Waals surface area contributed by atoms with Crippen molar-refractivity contribution >= 4 is 0 Å². The summed E-state index contributed by atoms with van der Waals surface area (Å²) in [7, 11) is 0. The number of ether oxygens (including phenoxy) is 1. The van der Waals surface area contributed by atoms with Crippen molar-refractivity contribution in [1.29, 1.82) is 0 Å². The van der Waals surface area contributed by atoms with Crippen LogP contribution in [0.1, 0.15) is 1.37 Å². The van der Waals surface area contributed by atoms with Crippen LogP contribution in [0.4, 0.5) is 0 Å². The molecule has 0 aliphatic carbocycles. The van der Waals surface area contributed by atoms with E-state index in [4.69, 9.17) is 21.4 Å². The molecule has 8 N–H and O–H groups in total. The smallest absolute Gasteiger partial charge is 0.115 e. The normalized spacial score (nSPS) is 42.5. The Morgan fingerprint density at radius 3 is 2.00 bits per heavy atom. The van der Waals surface area contributed by atoms with E-state index in [-0.39, 0.29) is 0 Å². The fourth-order valence-electron chi connectivity index (χ4n) is 1.77. The van der Waals surface area contributed by atoms with Crippen LogP contribution in [0.2, 0.25) is 0 Å². The first-order valence-corrected chi connectivity index (χ1v) is 5.68. The number of rotatable bonds is 6. The van der Waals surface area contributed by atoms with Gasteiger partial charge in [-0.2, -0.15) is 0 Å². The number of hydrogen-bond donors (Lipinski definition) is 8. The van der Waals surface area contributed by atoms with Crippen LogP contribution in [0, 0.1) is 0 Å². The molecule has 0 saturated carbocycles. The zero-order chi connectivity index (χ0) is 15.7. The fourth-order valence-corrected chi connectivity index (χ4v) is 1.77. The highest BCUT2D eigenvalue weighted by molar-refractivity contribution is 4.97. The Morgan fingerprint density at radius 1 is 1.00 bits per heavy atom. The zero-order valence-electron chi connectivity index (χ0n) is 10.9. The Bertz CT molecular complexity index is 319. The molecule has 1 fully saturated rings. The van der Waals surface area contributed by atoms with Crippen molar-refractivity contribution in [2.75, 3.05) is 13.2 Å². The molecule has 0 aromatic heterocycles. The molecule has 1 rings (SSSR count). The summed E-state index contributed by atoms with van der Waals surface area (Å²) in [5.41, 5.74) is 0. The Balaban J connectivity index is 2.87. The van der Waals surface area contributed by atoms with Gasteiger partial charge in [-0.25, -0.2) is 0 Å². The third kappa shape index (κ3) is 3.40. The van der Waals surface area contributed by atoms with E-state index < -0.39 is 62.0 Å². The van der Waals surface area contributed by atoms with Crippen molar-refractivity contribution in [2.45, 2.75) is 48.8 Å². The molecule has 19 heavy (non-hydrogen) atoms. The van der Waals surface area contributed by atoms with Crippen LogP contribution in [0.5, 0.6) is 0 Å². The number of aliphatic hydroxyl groups is 8. The van der Waals surface area contributed by atoms with Crippen molar-refractivity contribution in [3.63, 3.8) is 0 Å². The average molecular weight is 285 g/mol. The predicted octanol–water partition coefficient (Wildman–Crippen LogP) is -5.10. The summed E-state index contributed by atoms with van der Waals surface area (Å²) in [4.78, 5) is 0. The minimum Gasteiger partial charge on any atom is -0.394 e. The van der Waals surface area contributed by atoms with Gasteiger partial charge in [0.05, 0.1) is 14.6 Å². The quantitative estimate of drug-likeness (QED) is 0.238. The van der Waals surface area contributed by atoms with Gasteiger partial charge in [0.15, 0.2) is 0 Å². The Labute approximate surface area is 110 Å². The van der Waals surface area contributed by atoms with Crippen LogP contribution in [0.25, 0.3) is 0 Å². The van der Waals surface area contributed by atoms with E-state index in [1.807, 2.05) is 0 Å². The largest absolute Gasteiger partial charge is 0.394 e. The lowest BCUT2D eigenvalue weighted by molar-refractivity contribution is -0.160. The second-order valence-electron chi connectivity index (χ2n) is 4.35. The maximum Gasteiger partial charge on any atom is 0.115 e. The molecule has 0 bridgehead atoms. The average Bonchev–Trinajstić information content (AvgIpc) is 2.68. The molecule has 9 heteroatoms. The lowest BCUT2D eigenvalue weighted by Crippen LogP contribution is -2.52. The van der Waals surface area contributed by atoms with Gasteiger partial charge in [-0.3, -0.25) is 0 Å². The maximum absolute atomic E-state index is 9.83. The molecule has 0 spiro atoms. The minimum absolute atomic E-state index is 0.733. The topological polar surface area (TPSA) is 171 Å². The molecule has 0 aromatic rings. The van der Waals surface area contributed by atoms with Crippen molar-refractivity contribution in [3.05, 3.63) is 0 Å². The Hall–Kier alpha value is -0.360. The van der Waals surface area contributed by atoms with Gasteiger partial charge >= 0.3 is 0 Å². The first-order valence-electron chi connectivity index (χ1n) is 6.18. The van der Waals surface area contributed by atoms with E-state index in [9.17, 15) is 25.5 Å². The number of aliphatic hydroxyl groups excluding tert-OH is 8. The van der Waals surface area contributed by atoms with Gasteiger partial charge in [-0.15, -0.1) is 0 Å². The van der Waals surface area contributed by atoms with Crippen LogP contribution < -0.4 is 0 Å². The fraction of sp³-hybridized carbons (Fsp3) is 1.00. The number of hydrogen-bond acceptors (Lipinski definition) is 9. The van der Waals surface area contributed by atoms with Crippen LogP contribution in [-0.4, -0.2) is 103 Å². The summed E-state index contributed by atoms with van der Waals surface area (Å²) >= 11 is 0. The molecule has 1 aliphatic heterocycles. The molecular formula is C10H20O9. The summed E-state index contributed by atoms with van der Waals surface area (Å²) < 4.78 is 12.6. The second-order valence-corrected chi connectivity index (χ2v) is 4.35. The van der Waals surface area contributed by atoms with Crippen LogP contribution in [-0.2, 0) is 4.74 Å². The molecule has 1 heterocycles. The molecule has 9 nitrogen and oxygen atoms in total. The molecule has 1 saturated heterocycles. The molecule has 114 valence electrons. The first kappa shape index (κ1) is 15.0. The van der Waals surface area contributed by atoms with Gasteiger partial charge in [-0.05, 0) is 0 Å². The van der Waals surface area contributed by atoms with E-state index in [0.717, 1.165) is 0 Å². The van der Waals surface area contributed by atoms with E-state index in [1.165, 1.54) is 0 Å². The van der Waals surface area contributed by atoms with Gasteiger partial charge in [0.1, 0.15) is 48.8 Å². The van der Waals surface area contributed by atoms with Gasteiger partial charge in [0, 0.05) is 0 Å². The molecule has 2 unspecified atom stereocenters. The highest BCUT2D eigenvalue weighted by atomic mass is 16.6. The third-order valence-electron chi connectivity index (χ3n) is 3.01. The van der Waals surface area contributed by atoms with Gasteiger partial charge in [-0.1, -0.05) is 0 Å². The van der Waals surface area contributed by atoms with Crippen molar-refractivity contribution < 1.29 is 47.0 Å². The van der Waals surface area contributed by atoms with Gasteiger partial charge in [0.2, 0.25) is 0 Å². The monoisotopic (exact) mass is 285 g/mol. The third-order valence-corrected chi connectivity index (χ3v) is 3.01. The molecule has 0 aromatic carbocycles. The van der Waals surface area contributed by atoms with Gasteiger partial charge < -0.3 is 45.6 Å². The van der Waals surface area contributed by atoms with Crippen molar-refractivity contribution in [1.82, 2.24) is 0 Å². The van der Waals surface area contributed by atoms with Crippen molar-refractivity contribution in [3.8, 4) is 0 Å². The first-order chi connectivity index (χ1) is 9.20. The Kier molecular flexibility index (Phi) is 5.45. The van der Waals surface area contributed by atoms with Crippen molar-refractivity contribution in [2.24, 2.45) is 0 Å². The lowest BCUT2D eigenvalue weighted by Gasteiger charge is -2.30. The van der Waals surface area contributed by atoms with Crippen LogP contribution >= 0.6 is 0 Å². The standard InChI is InChI=1S/C10H20O9/c11-1-3(13)5(14)7(16)9(18)10-8(17)6(15)4(2-12)19-10/h3-18H,1-2H2/t3-,4-,5-,6-,7-,8-,9?,10?/m1/s1/i10D. The molecule has 0 amide bonds. The lowest BCUT2D eigenvalue weighted by atomic mass is 9.95.